The van der Waals surface area contributed by atoms with Crippen molar-refractivity contribution in [2.75, 3.05) is 12.3 Å². The molecule has 0 aliphatic rings. The molecule has 0 unspecified atom stereocenters. The molecule has 2 heterocycles. The molecular formula is C27H26N6O3S. The Morgan fingerprint density at radius 2 is 1.84 bits per heavy atom. The zero-order chi connectivity index (χ0) is 26.7. The lowest BCUT2D eigenvalue weighted by Gasteiger charge is -2.13. The van der Waals surface area contributed by atoms with E-state index < -0.39 is 11.8 Å². The third-order valence-corrected chi connectivity index (χ3v) is 7.17. The molecule has 0 saturated carbocycles. The summed E-state index contributed by atoms with van der Waals surface area (Å²) < 4.78 is 1.55. The molecule has 0 radical (unpaired) electrons. The summed E-state index contributed by atoms with van der Waals surface area (Å²) in [6, 6.07) is 16.9. The van der Waals surface area contributed by atoms with E-state index in [1.165, 1.54) is 11.8 Å². The molecule has 37 heavy (non-hydrogen) atoms. The molecule has 2 amide bonds. The van der Waals surface area contributed by atoms with Gasteiger partial charge in [-0.1, -0.05) is 36.4 Å². The van der Waals surface area contributed by atoms with E-state index in [1.807, 2.05) is 30.3 Å². The molecule has 2 aromatic carbocycles. The maximum Gasteiger partial charge on any atom is 0.267 e. The number of fused-ring (bicyclic) bond motifs is 1. The van der Waals surface area contributed by atoms with E-state index in [0.29, 0.717) is 44.9 Å². The van der Waals surface area contributed by atoms with Crippen LogP contribution in [-0.4, -0.2) is 33.1 Å². The molecule has 0 aliphatic carbocycles. The van der Waals surface area contributed by atoms with E-state index in [2.05, 4.69) is 6.07 Å². The molecule has 4 aromatic rings. The van der Waals surface area contributed by atoms with E-state index in [1.54, 1.807) is 29.8 Å². The predicted octanol–water partition coefficient (Wildman–Crippen LogP) is 3.11. The Hall–Kier alpha value is -4.33. The van der Waals surface area contributed by atoms with Crippen molar-refractivity contribution < 1.29 is 14.7 Å². The number of carbonyl (C=O) groups is 2. The van der Waals surface area contributed by atoms with Crippen LogP contribution in [0.15, 0.2) is 53.6 Å². The highest BCUT2D eigenvalue weighted by Gasteiger charge is 2.26. The van der Waals surface area contributed by atoms with Crippen molar-refractivity contribution in [2.45, 2.75) is 23.6 Å². The van der Waals surface area contributed by atoms with Crippen LogP contribution in [-0.2, 0) is 19.2 Å². The highest BCUT2D eigenvalue weighted by atomic mass is 32.2. The van der Waals surface area contributed by atoms with Crippen molar-refractivity contribution in [3.05, 3.63) is 76.5 Å². The first-order valence-corrected chi connectivity index (χ1v) is 12.5. The van der Waals surface area contributed by atoms with Crippen molar-refractivity contribution in [3.63, 3.8) is 0 Å². The third kappa shape index (κ3) is 5.00. The molecule has 7 N–H and O–H groups in total. The molecule has 188 valence electrons. The maximum absolute atomic E-state index is 12.2. The summed E-state index contributed by atoms with van der Waals surface area (Å²) in [6.07, 6.45) is 1.37. The van der Waals surface area contributed by atoms with E-state index in [0.717, 1.165) is 23.1 Å². The average Bonchev–Trinajstić information content (AvgIpc) is 3.15. The van der Waals surface area contributed by atoms with Gasteiger partial charge in [-0.2, -0.15) is 5.26 Å². The van der Waals surface area contributed by atoms with E-state index in [-0.39, 0.29) is 18.0 Å². The highest BCUT2D eigenvalue weighted by molar-refractivity contribution is 7.98. The van der Waals surface area contributed by atoms with Gasteiger partial charge in [-0.3, -0.25) is 9.59 Å². The van der Waals surface area contributed by atoms with Crippen LogP contribution in [0.5, 0.6) is 0 Å². The third-order valence-electron chi connectivity index (χ3n) is 6.12. The van der Waals surface area contributed by atoms with Gasteiger partial charge in [-0.05, 0) is 41.7 Å². The van der Waals surface area contributed by atoms with Gasteiger partial charge >= 0.3 is 0 Å². The van der Waals surface area contributed by atoms with Crippen LogP contribution < -0.4 is 17.2 Å². The Kier molecular flexibility index (Phi) is 7.47. The molecule has 10 heteroatoms. The summed E-state index contributed by atoms with van der Waals surface area (Å²) in [5.74, 6) is -0.789. The Labute approximate surface area is 217 Å². The Bertz CT molecular complexity index is 1550. The number of nitrogens with two attached hydrogens (primary N) is 3. The Balaban J connectivity index is 1.89. The van der Waals surface area contributed by atoms with Crippen molar-refractivity contribution in [1.82, 2.24) is 9.55 Å². The second-order valence-corrected chi connectivity index (χ2v) is 9.50. The van der Waals surface area contributed by atoms with Crippen LogP contribution in [0.3, 0.4) is 0 Å². The van der Waals surface area contributed by atoms with Crippen molar-refractivity contribution in [2.24, 2.45) is 18.5 Å². The van der Waals surface area contributed by atoms with Crippen molar-refractivity contribution in [3.8, 4) is 17.2 Å². The van der Waals surface area contributed by atoms with Gasteiger partial charge in [0.2, 0.25) is 5.91 Å². The number of pyridine rings is 1. The van der Waals surface area contributed by atoms with Gasteiger partial charge in [0, 0.05) is 30.5 Å². The van der Waals surface area contributed by atoms with Crippen LogP contribution in [0.1, 0.15) is 44.0 Å². The highest BCUT2D eigenvalue weighted by Crippen LogP contribution is 2.41. The number of nitriles is 1. The molecule has 0 aliphatic heterocycles. The summed E-state index contributed by atoms with van der Waals surface area (Å²) in [7, 11) is 1.66. The minimum atomic E-state index is -0.695. The van der Waals surface area contributed by atoms with E-state index in [9.17, 15) is 14.9 Å². The number of carbonyl (C=O) groups excluding carboxylic acids is 2. The van der Waals surface area contributed by atoms with Crippen LogP contribution in [0, 0.1) is 11.3 Å². The number of nitrogen functional groups attached to an aromatic ring is 1. The van der Waals surface area contributed by atoms with Gasteiger partial charge in [0.05, 0.1) is 16.6 Å². The van der Waals surface area contributed by atoms with E-state index in [4.69, 9.17) is 27.3 Å². The quantitative estimate of drug-likeness (QED) is 0.248. The second kappa shape index (κ2) is 10.7. The maximum atomic E-state index is 12.2. The number of aryl methyl sites for hydroxylation is 2. The second-order valence-electron chi connectivity index (χ2n) is 8.54. The number of benzene rings is 2. The minimum absolute atomic E-state index is 0.102. The number of anilines is 1. The standard InChI is InChI=1S/C27H26N6O3S/c1-33-23(25(31)36)22(29)21-20(17-9-7-15(8-10-17)5-3-11-34)19(13-28)27(32-26(21)33)37-14-16-4-2-6-18(12-16)24(30)35/h2,4,6-10,12,34H,3,5,11,14,29H2,1H3,(H2,30,35)(H2,31,36). The summed E-state index contributed by atoms with van der Waals surface area (Å²) >= 11 is 1.33. The number of aliphatic hydroxyl groups is 1. The minimum Gasteiger partial charge on any atom is -0.396 e. The van der Waals surface area contributed by atoms with Gasteiger partial charge < -0.3 is 26.9 Å². The molecule has 0 fully saturated rings. The number of aliphatic hydroxyl groups excluding tert-OH is 1. The Morgan fingerprint density at radius 3 is 2.46 bits per heavy atom. The number of nitrogens with zero attached hydrogens (tertiary/aromatic N) is 3. The van der Waals surface area contributed by atoms with Crippen LogP contribution in [0.25, 0.3) is 22.2 Å². The smallest absolute Gasteiger partial charge is 0.267 e. The monoisotopic (exact) mass is 514 g/mol. The topological polar surface area (TPSA) is 174 Å². The van der Waals surface area contributed by atoms with Gasteiger partial charge in [0.1, 0.15) is 22.4 Å². The fourth-order valence-electron chi connectivity index (χ4n) is 4.34. The van der Waals surface area contributed by atoms with Crippen LogP contribution in [0.4, 0.5) is 5.69 Å². The first kappa shape index (κ1) is 25.8. The molecule has 0 spiro atoms. The normalized spacial score (nSPS) is 10.9. The summed E-state index contributed by atoms with van der Waals surface area (Å²) in [5, 5.41) is 20.3. The zero-order valence-electron chi connectivity index (χ0n) is 20.2. The molecule has 0 atom stereocenters. The fourth-order valence-corrected chi connectivity index (χ4v) is 5.26. The fraction of sp³-hybridized carbons (Fsp3) is 0.185. The molecule has 0 saturated heterocycles. The van der Waals surface area contributed by atoms with Crippen LogP contribution in [0.2, 0.25) is 0 Å². The summed E-state index contributed by atoms with van der Waals surface area (Å²) in [6.45, 7) is 0.102. The first-order chi connectivity index (χ1) is 17.8. The van der Waals surface area contributed by atoms with Crippen LogP contribution >= 0.6 is 11.8 Å². The average molecular weight is 515 g/mol. The van der Waals surface area contributed by atoms with Gasteiger partial charge in [-0.25, -0.2) is 4.98 Å². The predicted molar refractivity (Wildman–Crippen MR) is 144 cm³/mol. The van der Waals surface area contributed by atoms with Gasteiger partial charge in [0.25, 0.3) is 5.91 Å². The number of thioether (sulfide) groups is 1. The molecular weight excluding hydrogens is 488 g/mol. The number of hydrogen-bond acceptors (Lipinski definition) is 7. The summed E-state index contributed by atoms with van der Waals surface area (Å²) in [4.78, 5) is 28.5. The molecule has 0 bridgehead atoms. The molecule has 2 aromatic heterocycles. The largest absolute Gasteiger partial charge is 0.396 e. The first-order valence-electron chi connectivity index (χ1n) is 11.5. The number of rotatable bonds is 9. The van der Waals surface area contributed by atoms with Crippen molar-refractivity contribution in [1.29, 1.82) is 5.26 Å². The number of primary amides is 2. The Morgan fingerprint density at radius 1 is 1.11 bits per heavy atom. The summed E-state index contributed by atoms with van der Waals surface area (Å²) in [5.41, 5.74) is 22.1. The number of hydrogen-bond donors (Lipinski definition) is 4. The number of amides is 2. The van der Waals surface area contributed by atoms with Gasteiger partial charge in [0.15, 0.2) is 0 Å². The zero-order valence-corrected chi connectivity index (χ0v) is 21.0. The SMILES string of the molecule is Cn1c(C(N)=O)c(N)c2c(-c3ccc(CCCO)cc3)c(C#N)c(SCc3cccc(C(N)=O)c3)nc21. The van der Waals surface area contributed by atoms with Gasteiger partial charge in [-0.15, -0.1) is 11.8 Å². The lowest BCUT2D eigenvalue weighted by atomic mass is 9.96. The molecule has 9 nitrogen and oxygen atoms in total. The van der Waals surface area contributed by atoms with Crippen molar-refractivity contribution >= 4 is 40.3 Å². The lowest BCUT2D eigenvalue weighted by Crippen LogP contribution is -2.17. The number of aromatic nitrogens is 2. The molecule has 4 rings (SSSR count). The van der Waals surface area contributed by atoms with E-state index >= 15 is 0 Å². The lowest BCUT2D eigenvalue weighted by molar-refractivity contribution is 0.0988.